The van der Waals surface area contributed by atoms with E-state index < -0.39 is 0 Å². The Bertz CT molecular complexity index is 530. The Morgan fingerprint density at radius 3 is 2.65 bits per heavy atom. The second kappa shape index (κ2) is 5.69. The highest BCUT2D eigenvalue weighted by Gasteiger charge is 2.17. The Balaban J connectivity index is 2.45. The third kappa shape index (κ3) is 3.02. The number of hydrogen-bond donors (Lipinski definition) is 2. The largest absolute Gasteiger partial charge is 0.271 e. The van der Waals surface area contributed by atoms with Crippen LogP contribution in [0.4, 0.5) is 0 Å². The number of hydrogen-bond acceptors (Lipinski definition) is 3. The summed E-state index contributed by atoms with van der Waals surface area (Å²) >= 11 is 17.2. The quantitative estimate of drug-likeness (QED) is 0.636. The average Bonchev–Trinajstić information content (AvgIpc) is 2.71. The minimum absolute atomic E-state index is 0.163. The van der Waals surface area contributed by atoms with Crippen molar-refractivity contribution in [1.29, 1.82) is 0 Å². The van der Waals surface area contributed by atoms with Gasteiger partial charge in [0.05, 0.1) is 9.83 Å². The average molecular weight is 352 g/mol. The van der Waals surface area contributed by atoms with Crippen LogP contribution in [-0.2, 0) is 0 Å². The Kier molecular flexibility index (Phi) is 4.47. The smallest absolute Gasteiger partial charge is 0.0733 e. The van der Waals surface area contributed by atoms with Crippen LogP contribution in [0.25, 0.3) is 0 Å². The van der Waals surface area contributed by atoms with Gasteiger partial charge in [-0.1, -0.05) is 23.2 Å². The van der Waals surface area contributed by atoms with E-state index >= 15 is 0 Å². The van der Waals surface area contributed by atoms with Crippen LogP contribution in [0.15, 0.2) is 33.4 Å². The lowest BCUT2D eigenvalue weighted by Gasteiger charge is -2.16. The summed E-state index contributed by atoms with van der Waals surface area (Å²) in [5, 5.41) is 3.30. The topological polar surface area (TPSA) is 38.0 Å². The molecule has 0 aliphatic heterocycles. The number of halogens is 3. The first-order chi connectivity index (χ1) is 8.11. The number of thiophene rings is 1. The van der Waals surface area contributed by atoms with Crippen LogP contribution < -0.4 is 11.3 Å². The second-order valence-electron chi connectivity index (χ2n) is 3.45. The molecule has 0 spiro atoms. The number of hydrazine groups is 1. The first-order valence-corrected chi connectivity index (χ1v) is 7.19. The molecule has 2 aromatic rings. The zero-order valence-corrected chi connectivity index (χ0v) is 12.5. The molecular weight excluding hydrogens is 343 g/mol. The predicted molar refractivity (Wildman–Crippen MR) is 77.6 cm³/mol. The van der Waals surface area contributed by atoms with Gasteiger partial charge in [-0.3, -0.25) is 5.84 Å². The van der Waals surface area contributed by atoms with Gasteiger partial charge in [0.15, 0.2) is 0 Å². The van der Waals surface area contributed by atoms with Crippen LogP contribution in [0.1, 0.15) is 17.2 Å². The Labute approximate surface area is 122 Å². The van der Waals surface area contributed by atoms with E-state index in [-0.39, 0.29) is 6.04 Å². The van der Waals surface area contributed by atoms with Crippen molar-refractivity contribution in [2.24, 2.45) is 5.84 Å². The number of nitrogens with two attached hydrogens (primary N) is 1. The molecule has 0 amide bonds. The summed E-state index contributed by atoms with van der Waals surface area (Å²) in [5.74, 6) is 5.60. The maximum Gasteiger partial charge on any atom is 0.0733 e. The molecule has 6 heteroatoms. The van der Waals surface area contributed by atoms with Crippen molar-refractivity contribution < 1.29 is 0 Å². The fourth-order valence-corrected chi connectivity index (χ4v) is 3.18. The summed E-state index contributed by atoms with van der Waals surface area (Å²) in [4.78, 5) is 0. The second-order valence-corrected chi connectivity index (χ2v) is 6.58. The van der Waals surface area contributed by atoms with E-state index in [1.165, 1.54) is 0 Å². The summed E-state index contributed by atoms with van der Waals surface area (Å²) in [5.41, 5.74) is 4.68. The van der Waals surface area contributed by atoms with Crippen LogP contribution in [0.3, 0.4) is 0 Å². The highest BCUT2D eigenvalue weighted by atomic mass is 79.9. The van der Waals surface area contributed by atoms with Gasteiger partial charge in [0, 0.05) is 10.0 Å². The van der Waals surface area contributed by atoms with Gasteiger partial charge in [-0.15, -0.1) is 11.3 Å². The van der Waals surface area contributed by atoms with Crippen molar-refractivity contribution in [2.45, 2.75) is 6.04 Å². The molecule has 2 rings (SSSR count). The minimum Gasteiger partial charge on any atom is -0.271 e. The Morgan fingerprint density at radius 1 is 1.29 bits per heavy atom. The molecule has 0 bridgehead atoms. The molecule has 0 radical (unpaired) electrons. The molecule has 1 aromatic carbocycles. The maximum atomic E-state index is 6.16. The molecule has 3 N–H and O–H groups in total. The van der Waals surface area contributed by atoms with E-state index in [1.54, 1.807) is 23.5 Å². The first-order valence-electron chi connectivity index (χ1n) is 4.77. The van der Waals surface area contributed by atoms with Crippen molar-refractivity contribution in [3.63, 3.8) is 0 Å². The summed E-state index contributed by atoms with van der Waals surface area (Å²) in [6, 6.07) is 7.19. The number of nitrogens with one attached hydrogen (secondary N) is 1. The lowest BCUT2D eigenvalue weighted by Crippen LogP contribution is -2.28. The van der Waals surface area contributed by atoms with E-state index in [4.69, 9.17) is 29.0 Å². The molecule has 1 aromatic heterocycles. The Hall–Kier alpha value is -0.100. The van der Waals surface area contributed by atoms with Crippen LogP contribution >= 0.6 is 50.5 Å². The molecule has 0 aliphatic carbocycles. The monoisotopic (exact) mass is 350 g/mol. The van der Waals surface area contributed by atoms with Gasteiger partial charge in [0.1, 0.15) is 0 Å². The fraction of sp³-hybridized carbons (Fsp3) is 0.0909. The SMILES string of the molecule is NNC(c1csc(Br)c1)c1cc(Cl)ccc1Cl. The van der Waals surface area contributed by atoms with Crippen LogP contribution in [0.2, 0.25) is 10.0 Å². The van der Waals surface area contributed by atoms with E-state index in [0.29, 0.717) is 10.0 Å². The lowest BCUT2D eigenvalue weighted by atomic mass is 10.0. The lowest BCUT2D eigenvalue weighted by molar-refractivity contribution is 0.639. The van der Waals surface area contributed by atoms with Crippen molar-refractivity contribution in [3.8, 4) is 0 Å². The van der Waals surface area contributed by atoms with Gasteiger partial charge in [-0.25, -0.2) is 5.43 Å². The summed E-state index contributed by atoms with van der Waals surface area (Å²) in [6.45, 7) is 0. The molecule has 0 saturated carbocycles. The zero-order valence-electron chi connectivity index (χ0n) is 8.58. The van der Waals surface area contributed by atoms with Crippen molar-refractivity contribution in [3.05, 3.63) is 54.6 Å². The highest BCUT2D eigenvalue weighted by Crippen LogP contribution is 2.33. The van der Waals surface area contributed by atoms with Crippen molar-refractivity contribution in [2.75, 3.05) is 0 Å². The summed E-state index contributed by atoms with van der Waals surface area (Å²) in [7, 11) is 0. The van der Waals surface area contributed by atoms with Gasteiger partial charge in [0.25, 0.3) is 0 Å². The molecule has 2 nitrogen and oxygen atoms in total. The first kappa shape index (κ1) is 13.3. The van der Waals surface area contributed by atoms with Crippen LogP contribution in [0, 0.1) is 0 Å². The van der Waals surface area contributed by atoms with Crippen molar-refractivity contribution >= 4 is 50.5 Å². The molecule has 0 aliphatic rings. The minimum atomic E-state index is -0.163. The van der Waals surface area contributed by atoms with Gasteiger partial charge >= 0.3 is 0 Å². The molecule has 1 atom stereocenters. The van der Waals surface area contributed by atoms with E-state index in [9.17, 15) is 0 Å². The standard InChI is InChI=1S/C11H9BrCl2N2S/c12-10-3-6(5-17-10)11(16-15)8-4-7(13)1-2-9(8)14/h1-5,11,16H,15H2. The molecule has 0 saturated heterocycles. The van der Waals surface area contributed by atoms with Gasteiger partial charge in [-0.05, 0) is 56.7 Å². The Morgan fingerprint density at radius 2 is 2.06 bits per heavy atom. The van der Waals surface area contributed by atoms with Crippen LogP contribution in [0.5, 0.6) is 0 Å². The van der Waals surface area contributed by atoms with E-state index in [1.807, 2.05) is 17.5 Å². The molecule has 1 heterocycles. The predicted octanol–water partition coefficient (Wildman–Crippen LogP) is 4.37. The van der Waals surface area contributed by atoms with Crippen LogP contribution in [-0.4, -0.2) is 0 Å². The molecule has 0 fully saturated rings. The number of rotatable bonds is 3. The number of benzene rings is 1. The van der Waals surface area contributed by atoms with E-state index in [2.05, 4.69) is 21.4 Å². The highest BCUT2D eigenvalue weighted by molar-refractivity contribution is 9.11. The maximum absolute atomic E-state index is 6.16. The molecule has 90 valence electrons. The third-order valence-electron chi connectivity index (χ3n) is 2.36. The van der Waals surface area contributed by atoms with Gasteiger partial charge in [0.2, 0.25) is 0 Å². The van der Waals surface area contributed by atoms with Crippen molar-refractivity contribution in [1.82, 2.24) is 5.43 Å². The molecule has 17 heavy (non-hydrogen) atoms. The van der Waals surface area contributed by atoms with Gasteiger partial charge in [-0.2, -0.15) is 0 Å². The normalized spacial score (nSPS) is 12.7. The molecule has 1 unspecified atom stereocenters. The third-order valence-corrected chi connectivity index (χ3v) is 4.46. The van der Waals surface area contributed by atoms with Gasteiger partial charge < -0.3 is 0 Å². The molecular formula is C11H9BrCl2N2S. The summed E-state index contributed by atoms with van der Waals surface area (Å²) < 4.78 is 1.05. The zero-order chi connectivity index (χ0) is 12.4. The summed E-state index contributed by atoms with van der Waals surface area (Å²) in [6.07, 6.45) is 0. The fourth-order valence-electron chi connectivity index (χ4n) is 1.58. The van der Waals surface area contributed by atoms with E-state index in [0.717, 1.165) is 14.9 Å².